The van der Waals surface area contributed by atoms with Crippen molar-refractivity contribution in [3.63, 3.8) is 0 Å². The standard InChI is InChI=1S/C15H20Br2N2O2/c1-21-15-12(16)9-11(10-13(15)17)5-6-14(20)19-8-4-2-3-7-18/h5-6,9-10H,2-4,7-8,18H2,1H3,(H,19,20)/b6-5+. The smallest absolute Gasteiger partial charge is 0.243 e. The highest BCUT2D eigenvalue weighted by Gasteiger charge is 2.06. The van der Waals surface area contributed by atoms with Crippen molar-refractivity contribution >= 4 is 43.8 Å². The van der Waals surface area contributed by atoms with Gasteiger partial charge in [-0.05, 0) is 75.0 Å². The molecule has 21 heavy (non-hydrogen) atoms. The SMILES string of the molecule is COc1c(Br)cc(/C=C/C(=O)NCCCCCN)cc1Br. The highest BCUT2D eigenvalue weighted by atomic mass is 79.9. The van der Waals surface area contributed by atoms with Gasteiger partial charge in [-0.2, -0.15) is 0 Å². The van der Waals surface area contributed by atoms with Crippen molar-refractivity contribution in [2.45, 2.75) is 19.3 Å². The van der Waals surface area contributed by atoms with Crippen LogP contribution in [0.3, 0.4) is 0 Å². The fraction of sp³-hybridized carbons (Fsp3) is 0.400. The summed E-state index contributed by atoms with van der Waals surface area (Å²) in [5.74, 6) is 0.641. The molecule has 0 spiro atoms. The second-order valence-electron chi connectivity index (χ2n) is 4.49. The number of hydrogen-bond acceptors (Lipinski definition) is 3. The van der Waals surface area contributed by atoms with Gasteiger partial charge in [0.15, 0.2) is 0 Å². The lowest BCUT2D eigenvalue weighted by molar-refractivity contribution is -0.116. The number of rotatable bonds is 8. The Labute approximate surface area is 142 Å². The molecule has 1 amide bonds. The summed E-state index contributed by atoms with van der Waals surface area (Å²) >= 11 is 6.86. The monoisotopic (exact) mass is 418 g/mol. The van der Waals surface area contributed by atoms with Crippen LogP contribution in [0.15, 0.2) is 27.2 Å². The topological polar surface area (TPSA) is 64.3 Å². The number of ether oxygens (including phenoxy) is 1. The van der Waals surface area contributed by atoms with E-state index in [2.05, 4.69) is 37.2 Å². The molecule has 0 saturated carbocycles. The number of benzene rings is 1. The average molecular weight is 420 g/mol. The summed E-state index contributed by atoms with van der Waals surface area (Å²) < 4.78 is 6.90. The maximum atomic E-state index is 11.7. The van der Waals surface area contributed by atoms with E-state index in [1.807, 2.05) is 12.1 Å². The van der Waals surface area contributed by atoms with Crippen LogP contribution in [0, 0.1) is 0 Å². The van der Waals surface area contributed by atoms with Crippen LogP contribution in [0.1, 0.15) is 24.8 Å². The molecule has 1 aromatic rings. The van der Waals surface area contributed by atoms with Crippen LogP contribution in [0.4, 0.5) is 0 Å². The second-order valence-corrected chi connectivity index (χ2v) is 6.20. The van der Waals surface area contributed by atoms with Crippen molar-refractivity contribution in [3.8, 4) is 5.75 Å². The molecule has 0 fully saturated rings. The number of amides is 1. The molecule has 4 nitrogen and oxygen atoms in total. The first-order valence-corrected chi connectivity index (χ1v) is 8.36. The molecule has 0 aliphatic carbocycles. The highest BCUT2D eigenvalue weighted by molar-refractivity contribution is 9.11. The molecule has 1 rings (SSSR count). The van der Waals surface area contributed by atoms with Crippen molar-refractivity contribution in [2.75, 3.05) is 20.2 Å². The van der Waals surface area contributed by atoms with Gasteiger partial charge in [0.05, 0.1) is 16.1 Å². The average Bonchev–Trinajstić information content (AvgIpc) is 2.44. The number of nitrogens with one attached hydrogen (secondary N) is 1. The maximum Gasteiger partial charge on any atom is 0.243 e. The Morgan fingerprint density at radius 3 is 2.52 bits per heavy atom. The summed E-state index contributed by atoms with van der Waals surface area (Å²) in [6, 6.07) is 3.79. The van der Waals surface area contributed by atoms with Crippen molar-refractivity contribution < 1.29 is 9.53 Å². The molecule has 0 aromatic heterocycles. The Kier molecular flexibility index (Phi) is 8.64. The molecule has 0 radical (unpaired) electrons. The molecule has 0 atom stereocenters. The van der Waals surface area contributed by atoms with Crippen LogP contribution in [-0.4, -0.2) is 26.1 Å². The van der Waals surface area contributed by atoms with E-state index in [1.54, 1.807) is 13.2 Å². The first kappa shape index (κ1) is 18.2. The van der Waals surface area contributed by atoms with Crippen molar-refractivity contribution in [3.05, 3.63) is 32.7 Å². The molecule has 0 aliphatic rings. The number of hydrogen-bond donors (Lipinski definition) is 2. The second kappa shape index (κ2) is 9.97. The first-order chi connectivity index (χ1) is 10.1. The van der Waals surface area contributed by atoms with Crippen molar-refractivity contribution in [1.82, 2.24) is 5.32 Å². The van der Waals surface area contributed by atoms with E-state index in [-0.39, 0.29) is 5.91 Å². The molecular weight excluding hydrogens is 400 g/mol. The van der Waals surface area contributed by atoms with Gasteiger partial charge >= 0.3 is 0 Å². The van der Waals surface area contributed by atoms with Crippen LogP contribution in [0.5, 0.6) is 5.75 Å². The molecule has 116 valence electrons. The Morgan fingerprint density at radius 1 is 1.29 bits per heavy atom. The summed E-state index contributed by atoms with van der Waals surface area (Å²) in [6.07, 6.45) is 6.29. The van der Waals surface area contributed by atoms with Gasteiger partial charge in [-0.15, -0.1) is 0 Å². The normalized spacial score (nSPS) is 10.9. The summed E-state index contributed by atoms with van der Waals surface area (Å²) in [6.45, 7) is 1.38. The summed E-state index contributed by atoms with van der Waals surface area (Å²) in [4.78, 5) is 11.7. The minimum absolute atomic E-state index is 0.0918. The molecule has 0 aliphatic heterocycles. The van der Waals surface area contributed by atoms with Gasteiger partial charge in [-0.3, -0.25) is 4.79 Å². The van der Waals surface area contributed by atoms with Crippen LogP contribution in [-0.2, 0) is 4.79 Å². The largest absolute Gasteiger partial charge is 0.494 e. The number of carbonyl (C=O) groups excluding carboxylic acids is 1. The van der Waals surface area contributed by atoms with E-state index in [0.29, 0.717) is 13.1 Å². The zero-order valence-corrected chi connectivity index (χ0v) is 15.2. The lowest BCUT2D eigenvalue weighted by atomic mass is 10.2. The van der Waals surface area contributed by atoms with Gasteiger partial charge in [0, 0.05) is 12.6 Å². The summed E-state index contributed by atoms with van der Waals surface area (Å²) in [5.41, 5.74) is 6.32. The number of unbranched alkanes of at least 4 members (excludes halogenated alkanes) is 2. The molecule has 0 bridgehead atoms. The molecular formula is C15H20Br2N2O2. The Balaban J connectivity index is 2.51. The minimum atomic E-state index is -0.0918. The maximum absolute atomic E-state index is 11.7. The highest BCUT2D eigenvalue weighted by Crippen LogP contribution is 2.34. The third kappa shape index (κ3) is 6.63. The number of methoxy groups -OCH3 is 1. The van der Waals surface area contributed by atoms with E-state index < -0.39 is 0 Å². The van der Waals surface area contributed by atoms with Crippen LogP contribution >= 0.6 is 31.9 Å². The summed E-state index contributed by atoms with van der Waals surface area (Å²) in [5, 5.41) is 2.85. The molecule has 3 N–H and O–H groups in total. The lowest BCUT2D eigenvalue weighted by Gasteiger charge is -2.07. The fourth-order valence-corrected chi connectivity index (χ4v) is 3.30. The lowest BCUT2D eigenvalue weighted by Crippen LogP contribution is -2.22. The van der Waals surface area contributed by atoms with Gasteiger partial charge in [0.2, 0.25) is 5.91 Å². The van der Waals surface area contributed by atoms with Gasteiger partial charge in [-0.1, -0.05) is 6.42 Å². The van der Waals surface area contributed by atoms with Crippen LogP contribution in [0.25, 0.3) is 6.08 Å². The zero-order valence-electron chi connectivity index (χ0n) is 12.0. The first-order valence-electron chi connectivity index (χ1n) is 6.77. The van der Waals surface area contributed by atoms with Crippen molar-refractivity contribution in [1.29, 1.82) is 0 Å². The van der Waals surface area contributed by atoms with E-state index in [4.69, 9.17) is 10.5 Å². The molecule has 6 heteroatoms. The zero-order chi connectivity index (χ0) is 15.7. The summed E-state index contributed by atoms with van der Waals surface area (Å²) in [7, 11) is 1.61. The third-order valence-corrected chi connectivity index (χ3v) is 4.01. The Bertz CT molecular complexity index is 481. The van der Waals surface area contributed by atoms with E-state index >= 15 is 0 Å². The van der Waals surface area contributed by atoms with Crippen LogP contribution in [0.2, 0.25) is 0 Å². The van der Waals surface area contributed by atoms with Crippen LogP contribution < -0.4 is 15.8 Å². The van der Waals surface area contributed by atoms with Crippen molar-refractivity contribution in [2.24, 2.45) is 5.73 Å². The molecule has 0 unspecified atom stereocenters. The number of nitrogens with two attached hydrogens (primary N) is 1. The Morgan fingerprint density at radius 2 is 1.95 bits per heavy atom. The van der Waals surface area contributed by atoms with E-state index in [0.717, 1.165) is 39.5 Å². The predicted molar refractivity (Wildman–Crippen MR) is 93.3 cm³/mol. The van der Waals surface area contributed by atoms with Gasteiger partial charge in [0.25, 0.3) is 0 Å². The van der Waals surface area contributed by atoms with E-state index in [9.17, 15) is 4.79 Å². The quantitative estimate of drug-likeness (QED) is 0.500. The number of carbonyl (C=O) groups is 1. The molecule has 0 saturated heterocycles. The van der Waals surface area contributed by atoms with Gasteiger partial charge < -0.3 is 15.8 Å². The minimum Gasteiger partial charge on any atom is -0.494 e. The third-order valence-electron chi connectivity index (χ3n) is 2.83. The predicted octanol–water partition coefficient (Wildman–Crippen LogP) is 3.48. The fourth-order valence-electron chi connectivity index (χ4n) is 1.76. The van der Waals surface area contributed by atoms with Gasteiger partial charge in [-0.25, -0.2) is 0 Å². The molecule has 1 aromatic carbocycles. The molecule has 0 heterocycles. The van der Waals surface area contributed by atoms with Gasteiger partial charge in [0.1, 0.15) is 5.75 Å². The Hall–Kier alpha value is -0.850. The number of halogens is 2. The van der Waals surface area contributed by atoms with E-state index in [1.165, 1.54) is 6.08 Å².